The van der Waals surface area contributed by atoms with Crippen LogP contribution in [0.4, 0.5) is 11.4 Å². The van der Waals surface area contributed by atoms with Gasteiger partial charge in [0.1, 0.15) is 24.1 Å². The highest BCUT2D eigenvalue weighted by atomic mass is 31.2. The molecule has 1 unspecified atom stereocenters. The first-order valence-corrected chi connectivity index (χ1v) is 9.96. The first-order valence-electron chi connectivity index (χ1n) is 8.43. The summed E-state index contributed by atoms with van der Waals surface area (Å²) < 4.78 is 20.4. The molecule has 2 rings (SSSR count). The van der Waals surface area contributed by atoms with E-state index in [1.807, 2.05) is 0 Å². The van der Waals surface area contributed by atoms with Crippen LogP contribution in [0.25, 0.3) is 0 Å². The molecule has 1 atom stereocenters. The van der Waals surface area contributed by atoms with Crippen molar-refractivity contribution in [2.75, 3.05) is 24.7 Å². The average Bonchev–Trinajstić information content (AvgIpc) is 3.07. The Labute approximate surface area is 164 Å². The number of amides is 1. The lowest BCUT2D eigenvalue weighted by Gasteiger charge is -2.18. The number of carboxylic acid groups (broad SMARTS) is 1. The molecule has 1 aliphatic heterocycles. The second-order valence-electron chi connectivity index (χ2n) is 6.12. The number of nitrogens with two attached hydrogens (primary N) is 1. The number of rotatable bonds is 10. The Morgan fingerprint density at radius 2 is 2.03 bits per heavy atom. The SMILES string of the molecule is NC(CCC(=O)N1CCc2c(OCCOP(=O)(O)O)ccc([N+](=O)[O-])c21)C(=O)O. The van der Waals surface area contributed by atoms with Crippen LogP contribution in [0.1, 0.15) is 18.4 Å². The van der Waals surface area contributed by atoms with Crippen LogP contribution in [0.3, 0.4) is 0 Å². The lowest BCUT2D eigenvalue weighted by Crippen LogP contribution is -2.34. The van der Waals surface area contributed by atoms with Crippen molar-refractivity contribution in [3.63, 3.8) is 0 Å². The molecule has 0 aliphatic carbocycles. The summed E-state index contributed by atoms with van der Waals surface area (Å²) in [4.78, 5) is 52.5. The molecule has 1 aromatic carbocycles. The van der Waals surface area contributed by atoms with Crippen LogP contribution in [-0.2, 0) is 25.1 Å². The number of fused-ring (bicyclic) bond motifs is 1. The maximum Gasteiger partial charge on any atom is 0.469 e. The van der Waals surface area contributed by atoms with Crippen molar-refractivity contribution in [1.82, 2.24) is 0 Å². The van der Waals surface area contributed by atoms with E-state index in [9.17, 15) is 24.3 Å². The molecule has 5 N–H and O–H groups in total. The summed E-state index contributed by atoms with van der Waals surface area (Å²) in [7, 11) is -4.64. The number of carbonyl (C=O) groups excluding carboxylic acids is 1. The first-order chi connectivity index (χ1) is 13.5. The zero-order valence-corrected chi connectivity index (χ0v) is 16.0. The largest absolute Gasteiger partial charge is 0.491 e. The van der Waals surface area contributed by atoms with Crippen LogP contribution >= 0.6 is 7.82 Å². The summed E-state index contributed by atoms with van der Waals surface area (Å²) in [5.74, 6) is -1.54. The molecule has 0 saturated heterocycles. The van der Waals surface area contributed by atoms with E-state index in [4.69, 9.17) is 25.4 Å². The number of aliphatic carboxylic acids is 1. The topological polar surface area (TPSA) is 203 Å². The quantitative estimate of drug-likeness (QED) is 0.169. The molecule has 13 nitrogen and oxygen atoms in total. The normalized spacial score (nSPS) is 14.4. The fourth-order valence-corrected chi connectivity index (χ4v) is 3.17. The summed E-state index contributed by atoms with van der Waals surface area (Å²) in [6.07, 6.45) is -0.0720. The Balaban J connectivity index is 2.18. The van der Waals surface area contributed by atoms with Gasteiger partial charge in [-0.2, -0.15) is 0 Å². The number of nitrogens with zero attached hydrogens (tertiary/aromatic N) is 2. The number of phosphoric ester groups is 1. The van der Waals surface area contributed by atoms with Gasteiger partial charge >= 0.3 is 13.8 Å². The number of benzene rings is 1. The summed E-state index contributed by atoms with van der Waals surface area (Å²) in [6.45, 7) is -0.501. The fourth-order valence-electron chi connectivity index (χ4n) is 2.86. The number of ether oxygens (including phenoxy) is 1. The number of carbonyl (C=O) groups is 2. The van der Waals surface area contributed by atoms with Crippen LogP contribution in [0.2, 0.25) is 0 Å². The third-order valence-corrected chi connectivity index (χ3v) is 4.68. The molecule has 1 aliphatic rings. The number of nitro benzene ring substituents is 1. The van der Waals surface area contributed by atoms with Gasteiger partial charge < -0.3 is 30.3 Å². The van der Waals surface area contributed by atoms with Gasteiger partial charge in [0.05, 0.1) is 11.5 Å². The third-order valence-electron chi connectivity index (χ3n) is 4.16. The van der Waals surface area contributed by atoms with Gasteiger partial charge in [-0.3, -0.25) is 24.2 Å². The second-order valence-corrected chi connectivity index (χ2v) is 7.36. The summed E-state index contributed by atoms with van der Waals surface area (Å²) in [6, 6.07) is 1.27. The number of anilines is 1. The van der Waals surface area contributed by atoms with Crippen molar-refractivity contribution in [3.05, 3.63) is 27.8 Å². The lowest BCUT2D eigenvalue weighted by molar-refractivity contribution is -0.384. The van der Waals surface area contributed by atoms with E-state index >= 15 is 0 Å². The smallest absolute Gasteiger partial charge is 0.469 e. The minimum absolute atomic E-state index is 0.0531. The van der Waals surface area contributed by atoms with Crippen LogP contribution in [0.15, 0.2) is 12.1 Å². The van der Waals surface area contributed by atoms with Crippen molar-refractivity contribution >= 4 is 31.1 Å². The van der Waals surface area contributed by atoms with Gasteiger partial charge in [-0.25, -0.2) is 4.57 Å². The number of carboxylic acids is 1. The minimum Gasteiger partial charge on any atom is -0.491 e. The van der Waals surface area contributed by atoms with E-state index < -0.39 is 37.3 Å². The maximum atomic E-state index is 12.5. The molecule has 0 bridgehead atoms. The summed E-state index contributed by atoms with van der Waals surface area (Å²) in [5.41, 5.74) is 5.53. The molecule has 0 fully saturated rings. The predicted octanol–water partition coefficient (Wildman–Crippen LogP) is 0.164. The Morgan fingerprint density at radius 3 is 2.62 bits per heavy atom. The van der Waals surface area contributed by atoms with Gasteiger partial charge in [0.15, 0.2) is 0 Å². The van der Waals surface area contributed by atoms with Gasteiger partial charge in [-0.1, -0.05) is 0 Å². The monoisotopic (exact) mass is 433 g/mol. The van der Waals surface area contributed by atoms with Crippen molar-refractivity contribution in [3.8, 4) is 5.75 Å². The maximum absolute atomic E-state index is 12.5. The Morgan fingerprint density at radius 1 is 1.34 bits per heavy atom. The highest BCUT2D eigenvalue weighted by Gasteiger charge is 2.34. The Kier molecular flexibility index (Phi) is 7.27. The fraction of sp³-hybridized carbons (Fsp3) is 0.467. The van der Waals surface area contributed by atoms with Crippen LogP contribution in [0.5, 0.6) is 5.75 Å². The molecule has 0 aromatic heterocycles. The van der Waals surface area contributed by atoms with Crippen LogP contribution < -0.4 is 15.4 Å². The standard InChI is InChI=1S/C15H20N3O10P/c16-10(15(20)21)1-4-13(19)17-6-5-9-12(27-7-8-28-29(24,25)26)3-2-11(14(9)17)18(22)23/h2-3,10H,1,4-8,16H2,(H,20,21)(H2,24,25,26). The zero-order chi connectivity index (χ0) is 21.8. The molecule has 1 aromatic rings. The van der Waals surface area contributed by atoms with Gasteiger partial charge in [0.2, 0.25) is 5.91 Å². The molecule has 14 heteroatoms. The molecular weight excluding hydrogens is 413 g/mol. The van der Waals surface area contributed by atoms with Crippen LogP contribution in [0, 0.1) is 10.1 Å². The highest BCUT2D eigenvalue weighted by Crippen LogP contribution is 2.43. The van der Waals surface area contributed by atoms with E-state index in [0.29, 0.717) is 5.56 Å². The molecule has 160 valence electrons. The number of nitro groups is 1. The lowest BCUT2D eigenvalue weighted by atomic mass is 10.1. The average molecular weight is 433 g/mol. The van der Waals surface area contributed by atoms with Gasteiger partial charge in [0.25, 0.3) is 5.69 Å². The van der Waals surface area contributed by atoms with Crippen molar-refractivity contribution in [2.24, 2.45) is 5.73 Å². The van der Waals surface area contributed by atoms with Gasteiger partial charge in [-0.15, -0.1) is 0 Å². The van der Waals surface area contributed by atoms with Crippen molar-refractivity contribution < 1.29 is 43.2 Å². The van der Waals surface area contributed by atoms with Gasteiger partial charge in [-0.05, 0) is 18.9 Å². The second kappa shape index (κ2) is 9.29. The molecule has 0 saturated carbocycles. The van der Waals surface area contributed by atoms with Gasteiger partial charge in [0, 0.05) is 24.6 Å². The number of hydrogen-bond donors (Lipinski definition) is 4. The van der Waals surface area contributed by atoms with Crippen LogP contribution in [-0.4, -0.2) is 57.5 Å². The van der Waals surface area contributed by atoms with E-state index in [-0.39, 0.29) is 49.5 Å². The number of hydrogen-bond acceptors (Lipinski definition) is 8. The van der Waals surface area contributed by atoms with Crippen molar-refractivity contribution in [2.45, 2.75) is 25.3 Å². The Hall–Kier alpha value is -2.57. The Bertz CT molecular complexity index is 855. The highest BCUT2D eigenvalue weighted by molar-refractivity contribution is 7.46. The van der Waals surface area contributed by atoms with E-state index in [0.717, 1.165) is 6.07 Å². The molecule has 1 amide bonds. The predicted molar refractivity (Wildman–Crippen MR) is 97.5 cm³/mol. The van der Waals surface area contributed by atoms with Crippen molar-refractivity contribution in [1.29, 1.82) is 0 Å². The van der Waals surface area contributed by atoms with E-state index in [2.05, 4.69) is 4.52 Å². The molecule has 29 heavy (non-hydrogen) atoms. The first kappa shape index (κ1) is 22.7. The minimum atomic E-state index is -4.64. The summed E-state index contributed by atoms with van der Waals surface area (Å²) >= 11 is 0. The summed E-state index contributed by atoms with van der Waals surface area (Å²) in [5, 5.41) is 20.2. The third kappa shape index (κ3) is 5.95. The molecular formula is C15H20N3O10P. The van der Waals surface area contributed by atoms with E-state index in [1.54, 1.807) is 0 Å². The van der Waals surface area contributed by atoms with E-state index in [1.165, 1.54) is 11.0 Å². The molecule has 0 radical (unpaired) electrons. The number of phosphoric acid groups is 1. The molecule has 1 heterocycles. The molecule has 0 spiro atoms. The zero-order valence-electron chi connectivity index (χ0n) is 15.1.